The van der Waals surface area contributed by atoms with Crippen LogP contribution in [0.5, 0.6) is 0 Å². The maximum Gasteiger partial charge on any atom is 0.311 e. The summed E-state index contributed by atoms with van der Waals surface area (Å²) in [6, 6.07) is 0. The zero-order chi connectivity index (χ0) is 12.6. The highest BCUT2D eigenvalue weighted by Gasteiger charge is 2.46. The Balaban J connectivity index is 2.79. The molecule has 0 aromatic rings. The molecule has 1 amide bonds. The Kier molecular flexibility index (Phi) is 3.31. The van der Waals surface area contributed by atoms with Crippen LogP contribution in [0.3, 0.4) is 0 Å². The van der Waals surface area contributed by atoms with E-state index in [2.05, 4.69) is 0 Å². The summed E-state index contributed by atoms with van der Waals surface area (Å²) in [5.41, 5.74) is -1.15. The number of carbonyl (C=O) groups is 2. The van der Waals surface area contributed by atoms with Crippen molar-refractivity contribution in [2.75, 3.05) is 13.1 Å². The second kappa shape index (κ2) is 4.07. The Morgan fingerprint density at radius 2 is 1.94 bits per heavy atom. The quantitative estimate of drug-likeness (QED) is 0.781. The first kappa shape index (κ1) is 13.0. The third-order valence-corrected chi connectivity index (χ3v) is 3.41. The molecule has 0 saturated carbocycles. The number of carboxylic acid groups (broad SMARTS) is 1. The fourth-order valence-corrected chi connectivity index (χ4v) is 2.13. The Morgan fingerprint density at radius 3 is 2.25 bits per heavy atom. The van der Waals surface area contributed by atoms with Gasteiger partial charge in [-0.05, 0) is 12.8 Å². The monoisotopic (exact) mass is 227 g/mol. The number of amides is 1. The summed E-state index contributed by atoms with van der Waals surface area (Å²) in [5.74, 6) is -0.733. The number of nitrogens with zero attached hydrogens (tertiary/aromatic N) is 1. The molecule has 0 aromatic heterocycles. The molecule has 0 radical (unpaired) electrons. The van der Waals surface area contributed by atoms with Gasteiger partial charge in [0.2, 0.25) is 5.91 Å². The van der Waals surface area contributed by atoms with Crippen molar-refractivity contribution in [2.45, 2.75) is 40.5 Å². The first-order valence-electron chi connectivity index (χ1n) is 5.76. The highest BCUT2D eigenvalue weighted by molar-refractivity contribution is 5.84. The summed E-state index contributed by atoms with van der Waals surface area (Å²) in [5, 5.41) is 9.23. The molecule has 4 heteroatoms. The maximum absolute atomic E-state index is 12.0. The van der Waals surface area contributed by atoms with Gasteiger partial charge in [-0.3, -0.25) is 9.59 Å². The lowest BCUT2D eigenvalue weighted by molar-refractivity contribution is -0.149. The molecule has 1 fully saturated rings. The molecule has 1 N–H and O–H groups in total. The molecule has 0 bridgehead atoms. The smallest absolute Gasteiger partial charge is 0.311 e. The Labute approximate surface area is 96.6 Å². The third-order valence-electron chi connectivity index (χ3n) is 3.41. The number of carboxylic acids is 1. The fourth-order valence-electron chi connectivity index (χ4n) is 2.13. The topological polar surface area (TPSA) is 57.6 Å². The van der Waals surface area contributed by atoms with Gasteiger partial charge in [0.25, 0.3) is 0 Å². The van der Waals surface area contributed by atoms with Gasteiger partial charge < -0.3 is 10.0 Å². The van der Waals surface area contributed by atoms with Gasteiger partial charge in [-0.15, -0.1) is 0 Å². The second-order valence-corrected chi connectivity index (χ2v) is 5.67. The first-order chi connectivity index (χ1) is 7.23. The van der Waals surface area contributed by atoms with Crippen molar-refractivity contribution in [2.24, 2.45) is 10.8 Å². The van der Waals surface area contributed by atoms with Gasteiger partial charge >= 0.3 is 5.97 Å². The number of aliphatic carboxylic acids is 1. The number of rotatable bonds is 2. The van der Waals surface area contributed by atoms with Crippen LogP contribution in [-0.2, 0) is 9.59 Å². The van der Waals surface area contributed by atoms with Crippen molar-refractivity contribution in [3.8, 4) is 0 Å². The van der Waals surface area contributed by atoms with Gasteiger partial charge in [0.1, 0.15) is 0 Å². The van der Waals surface area contributed by atoms with Crippen LogP contribution >= 0.6 is 0 Å². The molecule has 1 unspecified atom stereocenters. The van der Waals surface area contributed by atoms with Crippen molar-refractivity contribution in [3.05, 3.63) is 0 Å². The second-order valence-electron chi connectivity index (χ2n) is 5.67. The Bertz CT molecular complexity index is 306. The largest absolute Gasteiger partial charge is 0.481 e. The molecule has 1 heterocycles. The molecule has 1 atom stereocenters. The molecule has 1 rings (SSSR count). The van der Waals surface area contributed by atoms with E-state index >= 15 is 0 Å². The average molecular weight is 227 g/mol. The van der Waals surface area contributed by atoms with Crippen LogP contribution in [0, 0.1) is 10.8 Å². The maximum atomic E-state index is 12.0. The molecule has 1 saturated heterocycles. The lowest BCUT2D eigenvalue weighted by Gasteiger charge is -2.27. The summed E-state index contributed by atoms with van der Waals surface area (Å²) in [4.78, 5) is 25.0. The minimum Gasteiger partial charge on any atom is -0.481 e. The molecular formula is C12H21NO3. The highest BCUT2D eigenvalue weighted by Crippen LogP contribution is 2.36. The van der Waals surface area contributed by atoms with E-state index in [0.717, 1.165) is 0 Å². The zero-order valence-corrected chi connectivity index (χ0v) is 10.5. The first-order valence-corrected chi connectivity index (χ1v) is 5.76. The summed E-state index contributed by atoms with van der Waals surface area (Å²) in [7, 11) is 0. The van der Waals surface area contributed by atoms with E-state index in [1.54, 1.807) is 4.90 Å². The zero-order valence-electron chi connectivity index (χ0n) is 10.5. The van der Waals surface area contributed by atoms with Crippen LogP contribution in [0.15, 0.2) is 0 Å². The van der Waals surface area contributed by atoms with Crippen LogP contribution < -0.4 is 0 Å². The third kappa shape index (κ3) is 2.20. The average Bonchev–Trinajstić information content (AvgIpc) is 2.60. The van der Waals surface area contributed by atoms with E-state index in [4.69, 9.17) is 0 Å². The summed E-state index contributed by atoms with van der Waals surface area (Å²) in [6.45, 7) is 8.39. The minimum absolute atomic E-state index is 0.0454. The van der Waals surface area contributed by atoms with E-state index < -0.39 is 16.8 Å². The van der Waals surface area contributed by atoms with Gasteiger partial charge in [-0.1, -0.05) is 27.7 Å². The van der Waals surface area contributed by atoms with Crippen molar-refractivity contribution < 1.29 is 14.7 Å². The van der Waals surface area contributed by atoms with Gasteiger partial charge in [0, 0.05) is 18.5 Å². The van der Waals surface area contributed by atoms with Crippen LogP contribution in [0.25, 0.3) is 0 Å². The van der Waals surface area contributed by atoms with Crippen molar-refractivity contribution in [1.29, 1.82) is 0 Å². The van der Waals surface area contributed by atoms with E-state index in [1.165, 1.54) is 0 Å². The van der Waals surface area contributed by atoms with E-state index in [1.807, 2.05) is 27.7 Å². The lowest BCUT2D eigenvalue weighted by atomic mass is 9.84. The number of likely N-dealkylation sites (tertiary alicyclic amines) is 1. The van der Waals surface area contributed by atoms with Crippen molar-refractivity contribution in [1.82, 2.24) is 4.90 Å². The van der Waals surface area contributed by atoms with E-state index in [0.29, 0.717) is 25.9 Å². The molecule has 4 nitrogen and oxygen atoms in total. The SMILES string of the molecule is CCC1(C(=O)O)CCN(C(=O)C(C)(C)C)C1. The predicted octanol–water partition coefficient (Wildman–Crippen LogP) is 1.75. The van der Waals surface area contributed by atoms with Gasteiger partial charge in [-0.25, -0.2) is 0 Å². The standard InChI is InChI=1S/C12H21NO3/c1-5-12(10(15)16)6-7-13(8-12)9(14)11(2,3)4/h5-8H2,1-4H3,(H,15,16). The van der Waals surface area contributed by atoms with Gasteiger partial charge in [-0.2, -0.15) is 0 Å². The molecular weight excluding hydrogens is 206 g/mol. The fraction of sp³-hybridized carbons (Fsp3) is 0.833. The van der Waals surface area contributed by atoms with Crippen molar-refractivity contribution >= 4 is 11.9 Å². The highest BCUT2D eigenvalue weighted by atomic mass is 16.4. The van der Waals surface area contributed by atoms with E-state index in [-0.39, 0.29) is 5.91 Å². The van der Waals surface area contributed by atoms with Crippen LogP contribution in [0.4, 0.5) is 0 Å². The predicted molar refractivity (Wildman–Crippen MR) is 61.0 cm³/mol. The van der Waals surface area contributed by atoms with Gasteiger partial charge in [0.05, 0.1) is 5.41 Å². The minimum atomic E-state index is -0.779. The molecule has 0 aliphatic carbocycles. The molecule has 1 aliphatic rings. The molecule has 0 spiro atoms. The van der Waals surface area contributed by atoms with Crippen LogP contribution in [0.1, 0.15) is 40.5 Å². The number of hydrogen-bond donors (Lipinski definition) is 1. The number of hydrogen-bond acceptors (Lipinski definition) is 2. The molecule has 92 valence electrons. The summed E-state index contributed by atoms with van der Waals surface area (Å²) in [6.07, 6.45) is 1.15. The molecule has 1 aliphatic heterocycles. The van der Waals surface area contributed by atoms with Crippen molar-refractivity contribution in [3.63, 3.8) is 0 Å². The Hall–Kier alpha value is -1.06. The summed E-state index contributed by atoms with van der Waals surface area (Å²) >= 11 is 0. The molecule has 16 heavy (non-hydrogen) atoms. The van der Waals surface area contributed by atoms with E-state index in [9.17, 15) is 14.7 Å². The molecule has 0 aromatic carbocycles. The van der Waals surface area contributed by atoms with Crippen LogP contribution in [-0.4, -0.2) is 35.0 Å². The van der Waals surface area contributed by atoms with Gasteiger partial charge in [0.15, 0.2) is 0 Å². The summed E-state index contributed by atoms with van der Waals surface area (Å²) < 4.78 is 0. The normalized spacial score (nSPS) is 25.9. The Morgan fingerprint density at radius 1 is 1.38 bits per heavy atom. The number of carbonyl (C=O) groups excluding carboxylic acids is 1. The van der Waals surface area contributed by atoms with Crippen LogP contribution in [0.2, 0.25) is 0 Å². The lowest BCUT2D eigenvalue weighted by Crippen LogP contribution is -2.41.